The van der Waals surface area contributed by atoms with Gasteiger partial charge in [-0.25, -0.2) is 15.0 Å². The number of aromatic nitrogens is 3. The van der Waals surface area contributed by atoms with E-state index in [9.17, 15) is 4.79 Å². The highest BCUT2D eigenvalue weighted by atomic mass is 32.1. The lowest BCUT2D eigenvalue weighted by Gasteiger charge is -2.29. The van der Waals surface area contributed by atoms with Gasteiger partial charge in [0.1, 0.15) is 5.69 Å². The zero-order chi connectivity index (χ0) is 16.4. The van der Waals surface area contributed by atoms with Crippen molar-refractivity contribution in [2.45, 2.75) is 33.6 Å². The third-order valence-corrected chi connectivity index (χ3v) is 4.75. The molecule has 1 amide bonds. The summed E-state index contributed by atoms with van der Waals surface area (Å²) in [5, 5.41) is 5.52. The minimum atomic E-state index is 0.0162. The number of nitrogens with zero attached hydrogens (tertiary/aromatic N) is 4. The molecule has 1 fully saturated rings. The lowest BCUT2D eigenvalue weighted by molar-refractivity contribution is 0.0692. The minimum absolute atomic E-state index is 0.0162. The molecule has 23 heavy (non-hydrogen) atoms. The van der Waals surface area contributed by atoms with Gasteiger partial charge in [-0.1, -0.05) is 6.92 Å². The van der Waals surface area contributed by atoms with Crippen molar-refractivity contribution in [1.29, 1.82) is 0 Å². The monoisotopic (exact) mass is 331 g/mol. The van der Waals surface area contributed by atoms with Crippen LogP contribution in [-0.4, -0.2) is 38.8 Å². The van der Waals surface area contributed by atoms with Crippen molar-refractivity contribution in [3.63, 3.8) is 0 Å². The van der Waals surface area contributed by atoms with E-state index in [0.717, 1.165) is 37.3 Å². The Morgan fingerprint density at radius 1 is 1.22 bits per heavy atom. The van der Waals surface area contributed by atoms with Crippen molar-refractivity contribution < 1.29 is 4.79 Å². The van der Waals surface area contributed by atoms with E-state index in [2.05, 4.69) is 27.2 Å². The number of carbonyl (C=O) groups excluding carboxylic acids is 1. The molecule has 1 N–H and O–H groups in total. The quantitative estimate of drug-likeness (QED) is 0.935. The van der Waals surface area contributed by atoms with Crippen LogP contribution in [0.25, 0.3) is 0 Å². The highest BCUT2D eigenvalue weighted by Gasteiger charge is 2.23. The first-order chi connectivity index (χ1) is 11.0. The fourth-order valence-electron chi connectivity index (χ4n) is 2.68. The van der Waals surface area contributed by atoms with E-state index < -0.39 is 0 Å². The summed E-state index contributed by atoms with van der Waals surface area (Å²) in [6.07, 6.45) is 2.13. The summed E-state index contributed by atoms with van der Waals surface area (Å²) in [4.78, 5) is 27.4. The molecule has 0 spiro atoms. The Bertz CT molecular complexity index is 686. The van der Waals surface area contributed by atoms with Gasteiger partial charge in [0.15, 0.2) is 5.13 Å². The maximum absolute atomic E-state index is 12.5. The Morgan fingerprint density at radius 3 is 2.52 bits per heavy atom. The summed E-state index contributed by atoms with van der Waals surface area (Å²) in [5.41, 5.74) is 2.29. The van der Waals surface area contributed by atoms with Crippen LogP contribution in [0, 0.1) is 19.8 Å². The van der Waals surface area contributed by atoms with E-state index in [1.54, 1.807) is 5.38 Å². The Balaban J connectivity index is 1.69. The normalized spacial score (nSPS) is 15.7. The van der Waals surface area contributed by atoms with Crippen LogP contribution in [0.5, 0.6) is 0 Å². The largest absolute Gasteiger partial charge is 0.337 e. The first-order valence-electron chi connectivity index (χ1n) is 7.85. The van der Waals surface area contributed by atoms with Gasteiger partial charge in [0.2, 0.25) is 5.95 Å². The second-order valence-corrected chi connectivity index (χ2v) is 6.97. The van der Waals surface area contributed by atoms with Gasteiger partial charge in [-0.05, 0) is 38.7 Å². The molecule has 2 aromatic heterocycles. The number of carbonyl (C=O) groups is 1. The van der Waals surface area contributed by atoms with Crippen LogP contribution in [0.1, 0.15) is 41.6 Å². The van der Waals surface area contributed by atoms with Crippen LogP contribution < -0.4 is 5.32 Å². The molecule has 6 nitrogen and oxygen atoms in total. The number of anilines is 2. The zero-order valence-electron chi connectivity index (χ0n) is 13.7. The molecule has 0 unspecified atom stereocenters. The highest BCUT2D eigenvalue weighted by Crippen LogP contribution is 2.22. The molecule has 0 aliphatic carbocycles. The molecule has 0 saturated carbocycles. The third kappa shape index (κ3) is 3.85. The Morgan fingerprint density at radius 2 is 1.87 bits per heavy atom. The number of rotatable bonds is 3. The average molecular weight is 331 g/mol. The molecular weight excluding hydrogens is 310 g/mol. The summed E-state index contributed by atoms with van der Waals surface area (Å²) in [6.45, 7) is 7.72. The average Bonchev–Trinajstić information content (AvgIpc) is 2.94. The van der Waals surface area contributed by atoms with Crippen LogP contribution in [0.4, 0.5) is 11.1 Å². The molecule has 122 valence electrons. The van der Waals surface area contributed by atoms with Crippen LogP contribution in [0.2, 0.25) is 0 Å². The molecule has 0 aromatic carbocycles. The molecule has 3 heterocycles. The van der Waals surface area contributed by atoms with Crippen molar-refractivity contribution in [3.8, 4) is 0 Å². The van der Waals surface area contributed by atoms with Crippen molar-refractivity contribution >= 4 is 28.3 Å². The number of nitrogens with one attached hydrogen (secondary N) is 1. The number of hydrogen-bond donors (Lipinski definition) is 1. The fraction of sp³-hybridized carbons (Fsp3) is 0.500. The summed E-state index contributed by atoms with van der Waals surface area (Å²) >= 11 is 1.40. The zero-order valence-corrected chi connectivity index (χ0v) is 14.5. The number of amides is 1. The first-order valence-corrected chi connectivity index (χ1v) is 8.73. The van der Waals surface area contributed by atoms with Gasteiger partial charge in [-0.3, -0.25) is 4.79 Å². The van der Waals surface area contributed by atoms with Gasteiger partial charge in [0.05, 0.1) is 0 Å². The lowest BCUT2D eigenvalue weighted by Crippen LogP contribution is -2.38. The van der Waals surface area contributed by atoms with Gasteiger partial charge < -0.3 is 10.2 Å². The minimum Gasteiger partial charge on any atom is -0.337 e. The maximum atomic E-state index is 12.5. The lowest BCUT2D eigenvalue weighted by atomic mass is 9.99. The fourth-order valence-corrected chi connectivity index (χ4v) is 3.36. The summed E-state index contributed by atoms with van der Waals surface area (Å²) in [7, 11) is 0. The van der Waals surface area contributed by atoms with Crippen LogP contribution in [-0.2, 0) is 0 Å². The van der Waals surface area contributed by atoms with Gasteiger partial charge >= 0.3 is 0 Å². The van der Waals surface area contributed by atoms with Crippen molar-refractivity contribution in [3.05, 3.63) is 28.5 Å². The topological polar surface area (TPSA) is 71.0 Å². The van der Waals surface area contributed by atoms with Gasteiger partial charge in [-0.15, -0.1) is 11.3 Å². The third-order valence-electron chi connectivity index (χ3n) is 4.00. The molecule has 1 saturated heterocycles. The van der Waals surface area contributed by atoms with Crippen LogP contribution in [0.3, 0.4) is 0 Å². The number of thiazole rings is 1. The molecule has 0 bridgehead atoms. The van der Waals surface area contributed by atoms with E-state index in [0.29, 0.717) is 22.7 Å². The predicted molar refractivity (Wildman–Crippen MR) is 91.2 cm³/mol. The predicted octanol–water partition coefficient (Wildman–Crippen LogP) is 3.17. The molecular formula is C16H21N5OS. The van der Waals surface area contributed by atoms with Crippen LogP contribution >= 0.6 is 11.3 Å². The van der Waals surface area contributed by atoms with Gasteiger partial charge in [-0.2, -0.15) is 0 Å². The Labute approximate surface area is 140 Å². The molecule has 3 rings (SSSR count). The van der Waals surface area contributed by atoms with Gasteiger partial charge in [0.25, 0.3) is 5.91 Å². The number of hydrogen-bond acceptors (Lipinski definition) is 6. The Hall–Kier alpha value is -2.02. The standard InChI is InChI=1S/C16H21N5OS/c1-10-4-6-21(7-5-10)14(22)13-9-23-16(19-13)20-15-17-11(2)8-12(3)18-15/h8-10H,4-7H2,1-3H3,(H,17,18,19,20). The van der Waals surface area contributed by atoms with Crippen molar-refractivity contribution in [2.24, 2.45) is 5.92 Å². The maximum Gasteiger partial charge on any atom is 0.273 e. The first kappa shape index (κ1) is 15.9. The molecule has 0 atom stereocenters. The molecule has 7 heteroatoms. The van der Waals surface area contributed by atoms with Crippen molar-refractivity contribution in [1.82, 2.24) is 19.9 Å². The van der Waals surface area contributed by atoms with Crippen molar-refractivity contribution in [2.75, 3.05) is 18.4 Å². The number of aryl methyl sites for hydroxylation is 2. The van der Waals surface area contributed by atoms with Gasteiger partial charge in [0, 0.05) is 29.9 Å². The van der Waals surface area contributed by atoms with E-state index in [1.165, 1.54) is 11.3 Å². The van der Waals surface area contributed by atoms with E-state index in [4.69, 9.17) is 0 Å². The summed E-state index contributed by atoms with van der Waals surface area (Å²) in [6, 6.07) is 1.92. The summed E-state index contributed by atoms with van der Waals surface area (Å²) < 4.78 is 0. The summed E-state index contributed by atoms with van der Waals surface area (Å²) in [5.74, 6) is 1.23. The van der Waals surface area contributed by atoms with E-state index >= 15 is 0 Å². The second-order valence-electron chi connectivity index (χ2n) is 6.11. The molecule has 2 aromatic rings. The molecule has 1 aliphatic heterocycles. The highest BCUT2D eigenvalue weighted by molar-refractivity contribution is 7.14. The number of likely N-dealkylation sites (tertiary alicyclic amines) is 1. The number of piperidine rings is 1. The molecule has 1 aliphatic rings. The van der Waals surface area contributed by atoms with Crippen LogP contribution in [0.15, 0.2) is 11.4 Å². The Kier molecular flexibility index (Phi) is 4.56. The van der Waals surface area contributed by atoms with E-state index in [-0.39, 0.29) is 5.91 Å². The smallest absolute Gasteiger partial charge is 0.273 e. The SMILES string of the molecule is Cc1cc(C)nc(Nc2nc(C(=O)N3CCC(C)CC3)cs2)n1. The second kappa shape index (κ2) is 6.62. The van der Waals surface area contributed by atoms with E-state index in [1.807, 2.05) is 24.8 Å². The molecule has 0 radical (unpaired) electrons.